The van der Waals surface area contributed by atoms with Crippen LogP contribution < -0.4 is 16.0 Å². The number of aryl methyl sites for hydroxylation is 1. The van der Waals surface area contributed by atoms with Crippen LogP contribution in [0, 0.1) is 24.1 Å². The van der Waals surface area contributed by atoms with Crippen LogP contribution in [-0.4, -0.2) is 28.8 Å². The number of nitrogens with one attached hydrogen (secondary N) is 3. The third kappa shape index (κ3) is 7.41. The van der Waals surface area contributed by atoms with E-state index in [4.69, 9.17) is 4.74 Å². The number of benzene rings is 1. The van der Waals surface area contributed by atoms with Crippen LogP contribution in [0.3, 0.4) is 0 Å². The van der Waals surface area contributed by atoms with Gasteiger partial charge in [-0.3, -0.25) is 0 Å². The SMILES string of the molecule is CCC[C@@H](Nc1nc(Nc2ccc(C)cc2)c(C#N)cc1F)[C@H](C)NC(=O)OC(C)(C)C. The molecule has 3 N–H and O–H groups in total. The second kappa shape index (κ2) is 10.8. The lowest BCUT2D eigenvalue weighted by molar-refractivity contribution is 0.0502. The van der Waals surface area contributed by atoms with Crippen molar-refractivity contribution in [2.75, 3.05) is 10.6 Å². The van der Waals surface area contributed by atoms with E-state index in [1.165, 1.54) is 0 Å². The summed E-state index contributed by atoms with van der Waals surface area (Å²) in [6.07, 6.45) is 0.936. The number of hydrogen-bond donors (Lipinski definition) is 3. The summed E-state index contributed by atoms with van der Waals surface area (Å²) in [6.45, 7) is 11.2. The van der Waals surface area contributed by atoms with Gasteiger partial charge in [-0.15, -0.1) is 0 Å². The molecule has 1 heterocycles. The Morgan fingerprint density at radius 3 is 2.47 bits per heavy atom. The Hall–Kier alpha value is -3.34. The second-order valence-electron chi connectivity index (χ2n) is 8.79. The Labute approximate surface area is 189 Å². The molecule has 7 nitrogen and oxygen atoms in total. The van der Waals surface area contributed by atoms with Gasteiger partial charge < -0.3 is 20.7 Å². The first-order valence-electron chi connectivity index (χ1n) is 10.7. The number of alkyl carbamates (subject to hydrolysis) is 1. The summed E-state index contributed by atoms with van der Waals surface area (Å²) in [7, 11) is 0. The van der Waals surface area contributed by atoms with E-state index in [9.17, 15) is 14.4 Å². The van der Waals surface area contributed by atoms with Gasteiger partial charge in [-0.25, -0.2) is 14.2 Å². The molecule has 0 fully saturated rings. The maximum absolute atomic E-state index is 14.7. The van der Waals surface area contributed by atoms with E-state index < -0.39 is 17.5 Å². The lowest BCUT2D eigenvalue weighted by Gasteiger charge is -2.28. The molecule has 8 heteroatoms. The van der Waals surface area contributed by atoms with Crippen LogP contribution >= 0.6 is 0 Å². The van der Waals surface area contributed by atoms with Crippen LogP contribution in [-0.2, 0) is 4.74 Å². The zero-order chi connectivity index (χ0) is 23.9. The van der Waals surface area contributed by atoms with Gasteiger partial charge in [0.25, 0.3) is 0 Å². The highest BCUT2D eigenvalue weighted by Crippen LogP contribution is 2.25. The van der Waals surface area contributed by atoms with Crippen LogP contribution in [0.15, 0.2) is 30.3 Å². The number of nitrogens with zero attached hydrogens (tertiary/aromatic N) is 2. The number of aromatic nitrogens is 1. The van der Waals surface area contributed by atoms with Gasteiger partial charge in [0.1, 0.15) is 11.7 Å². The molecule has 0 unspecified atom stereocenters. The fraction of sp³-hybridized carbons (Fsp3) is 0.458. The maximum Gasteiger partial charge on any atom is 0.407 e. The van der Waals surface area contributed by atoms with E-state index >= 15 is 0 Å². The molecule has 0 aliphatic heterocycles. The minimum atomic E-state index is -0.637. The zero-order valence-electron chi connectivity index (χ0n) is 19.5. The molecule has 0 saturated heterocycles. The maximum atomic E-state index is 14.7. The molecule has 1 aromatic heterocycles. The van der Waals surface area contributed by atoms with Crippen LogP contribution in [0.4, 0.5) is 26.5 Å². The Morgan fingerprint density at radius 2 is 1.91 bits per heavy atom. The fourth-order valence-corrected chi connectivity index (χ4v) is 3.07. The highest BCUT2D eigenvalue weighted by atomic mass is 19.1. The van der Waals surface area contributed by atoms with E-state index in [2.05, 4.69) is 20.9 Å². The molecule has 2 rings (SSSR count). The van der Waals surface area contributed by atoms with Gasteiger partial charge >= 0.3 is 6.09 Å². The van der Waals surface area contributed by atoms with Crippen molar-refractivity contribution in [3.8, 4) is 6.07 Å². The lowest BCUT2D eigenvalue weighted by atomic mass is 10.0. The number of halogens is 1. The van der Waals surface area contributed by atoms with Gasteiger partial charge in [-0.1, -0.05) is 31.0 Å². The number of amides is 1. The van der Waals surface area contributed by atoms with E-state index in [0.717, 1.165) is 23.7 Å². The molecule has 32 heavy (non-hydrogen) atoms. The highest BCUT2D eigenvalue weighted by Gasteiger charge is 2.24. The summed E-state index contributed by atoms with van der Waals surface area (Å²) in [5.74, 6) is -0.375. The number of nitriles is 1. The molecule has 0 aliphatic rings. The van der Waals surface area contributed by atoms with Crippen LogP contribution in [0.5, 0.6) is 0 Å². The number of pyridine rings is 1. The first-order chi connectivity index (χ1) is 15.0. The normalized spacial score (nSPS) is 12.9. The molecule has 0 saturated carbocycles. The number of carbonyl (C=O) groups is 1. The molecular weight excluding hydrogens is 409 g/mol. The van der Waals surface area contributed by atoms with Gasteiger partial charge in [0.2, 0.25) is 0 Å². The lowest BCUT2D eigenvalue weighted by Crippen LogP contribution is -2.46. The van der Waals surface area contributed by atoms with Crippen molar-refractivity contribution in [2.24, 2.45) is 0 Å². The van der Waals surface area contributed by atoms with Crippen LogP contribution in [0.2, 0.25) is 0 Å². The largest absolute Gasteiger partial charge is 0.444 e. The standard InChI is InChI=1S/C24H32FN5O2/c1-7-8-20(16(3)27-23(31)32-24(4,5)6)29-22-19(25)13-17(14-26)21(30-22)28-18-11-9-15(2)10-12-18/h9-13,16,20H,7-8H2,1-6H3,(H,27,31)(H2,28,29,30)/t16-,20+/m0/s1. The van der Waals surface area contributed by atoms with Crippen molar-refractivity contribution in [3.63, 3.8) is 0 Å². The number of anilines is 3. The number of rotatable bonds is 8. The van der Waals surface area contributed by atoms with E-state index in [1.54, 1.807) is 20.8 Å². The molecule has 172 valence electrons. The van der Waals surface area contributed by atoms with Crippen LogP contribution in [0.1, 0.15) is 58.6 Å². The molecule has 0 bridgehead atoms. The van der Waals surface area contributed by atoms with E-state index in [-0.39, 0.29) is 29.3 Å². The average molecular weight is 442 g/mol. The predicted octanol–water partition coefficient (Wildman–Crippen LogP) is 5.64. The zero-order valence-corrected chi connectivity index (χ0v) is 19.5. The minimum absolute atomic E-state index is 0.00917. The van der Waals surface area contributed by atoms with Crippen molar-refractivity contribution in [2.45, 2.75) is 72.1 Å². The summed E-state index contributed by atoms with van der Waals surface area (Å²) in [6, 6.07) is 10.1. The summed E-state index contributed by atoms with van der Waals surface area (Å²) >= 11 is 0. The molecule has 0 spiro atoms. The summed E-state index contributed by atoms with van der Waals surface area (Å²) in [4.78, 5) is 16.5. The molecule has 1 amide bonds. The van der Waals surface area contributed by atoms with Gasteiger partial charge in [0.05, 0.1) is 5.56 Å². The van der Waals surface area contributed by atoms with Crippen LogP contribution in [0.25, 0.3) is 0 Å². The molecular formula is C24H32FN5O2. The highest BCUT2D eigenvalue weighted by molar-refractivity contribution is 5.68. The molecule has 2 atom stereocenters. The Bertz CT molecular complexity index is 964. The number of carbonyl (C=O) groups excluding carboxylic acids is 1. The van der Waals surface area contributed by atoms with Crippen molar-refractivity contribution < 1.29 is 13.9 Å². The Balaban J connectivity index is 2.24. The summed E-state index contributed by atoms with van der Waals surface area (Å²) < 4.78 is 20.1. The Kier molecular flexibility index (Phi) is 8.41. The fourth-order valence-electron chi connectivity index (χ4n) is 3.07. The molecule has 0 aliphatic carbocycles. The van der Waals surface area contributed by atoms with Gasteiger partial charge in [-0.2, -0.15) is 5.26 Å². The van der Waals surface area contributed by atoms with Crippen molar-refractivity contribution in [1.29, 1.82) is 5.26 Å². The third-order valence-corrected chi connectivity index (χ3v) is 4.68. The van der Waals surface area contributed by atoms with Crippen molar-refractivity contribution in [3.05, 3.63) is 47.3 Å². The molecule has 2 aromatic rings. The van der Waals surface area contributed by atoms with E-state index in [0.29, 0.717) is 6.42 Å². The van der Waals surface area contributed by atoms with Gasteiger partial charge in [-0.05, 0) is 59.2 Å². The van der Waals surface area contributed by atoms with Crippen molar-refractivity contribution >= 4 is 23.4 Å². The monoisotopic (exact) mass is 441 g/mol. The minimum Gasteiger partial charge on any atom is -0.444 e. The topological polar surface area (TPSA) is 99.1 Å². The average Bonchev–Trinajstić information content (AvgIpc) is 2.69. The summed E-state index contributed by atoms with van der Waals surface area (Å²) in [5.41, 5.74) is 1.32. The van der Waals surface area contributed by atoms with E-state index in [1.807, 2.05) is 51.1 Å². The molecule has 0 radical (unpaired) electrons. The number of hydrogen-bond acceptors (Lipinski definition) is 6. The smallest absolute Gasteiger partial charge is 0.407 e. The predicted molar refractivity (Wildman–Crippen MR) is 125 cm³/mol. The number of ether oxygens (including phenoxy) is 1. The molecule has 1 aromatic carbocycles. The quantitative estimate of drug-likeness (QED) is 0.490. The second-order valence-corrected chi connectivity index (χ2v) is 8.79. The van der Waals surface area contributed by atoms with Gasteiger partial charge in [0, 0.05) is 17.8 Å². The first kappa shape index (κ1) is 24.9. The van der Waals surface area contributed by atoms with Crippen molar-refractivity contribution in [1.82, 2.24) is 10.3 Å². The summed E-state index contributed by atoms with van der Waals surface area (Å²) in [5, 5.41) is 18.4. The third-order valence-electron chi connectivity index (χ3n) is 4.68. The first-order valence-corrected chi connectivity index (χ1v) is 10.7. The van der Waals surface area contributed by atoms with Gasteiger partial charge in [0.15, 0.2) is 17.5 Å². The Morgan fingerprint density at radius 1 is 1.25 bits per heavy atom.